The third-order valence-corrected chi connectivity index (χ3v) is 5.32. The smallest absolute Gasteiger partial charge is 0.271 e. The van der Waals surface area contributed by atoms with Crippen LogP contribution in [0.3, 0.4) is 0 Å². The van der Waals surface area contributed by atoms with Crippen molar-refractivity contribution >= 4 is 41.0 Å². The van der Waals surface area contributed by atoms with E-state index in [1.54, 1.807) is 36.4 Å². The van der Waals surface area contributed by atoms with Crippen LogP contribution in [0.15, 0.2) is 71.8 Å². The summed E-state index contributed by atoms with van der Waals surface area (Å²) in [5.74, 6) is -0.746. The molecule has 0 fully saturated rings. The van der Waals surface area contributed by atoms with Crippen molar-refractivity contribution < 1.29 is 14.5 Å². The molecule has 2 N–H and O–H groups in total. The van der Waals surface area contributed by atoms with Crippen LogP contribution in [0.5, 0.6) is 0 Å². The Morgan fingerprint density at radius 3 is 2.12 bits per heavy atom. The number of nitrogens with zero attached hydrogens (tertiary/aromatic N) is 2. The average molecular weight is 479 g/mol. The Hall–Kier alpha value is -4.04. The zero-order chi connectivity index (χ0) is 24.9. The molecule has 0 bridgehead atoms. The first-order chi connectivity index (χ1) is 16.0. The van der Waals surface area contributed by atoms with Crippen molar-refractivity contribution in [2.45, 2.75) is 26.2 Å². The van der Waals surface area contributed by atoms with Gasteiger partial charge in [0.15, 0.2) is 0 Å². The Morgan fingerprint density at radius 1 is 0.941 bits per heavy atom. The fraction of sp³-hybridized carbons (Fsp3) is 0.160. The maximum atomic E-state index is 12.5. The third kappa shape index (κ3) is 6.26. The van der Waals surface area contributed by atoms with Crippen LogP contribution >= 0.6 is 11.6 Å². The summed E-state index contributed by atoms with van der Waals surface area (Å²) in [7, 11) is 0. The molecule has 34 heavy (non-hydrogen) atoms. The van der Waals surface area contributed by atoms with Crippen LogP contribution in [0.1, 0.15) is 52.6 Å². The van der Waals surface area contributed by atoms with Crippen LogP contribution < -0.4 is 10.7 Å². The quantitative estimate of drug-likeness (QED) is 0.274. The van der Waals surface area contributed by atoms with Gasteiger partial charge >= 0.3 is 0 Å². The van der Waals surface area contributed by atoms with Crippen molar-refractivity contribution in [1.29, 1.82) is 0 Å². The molecule has 0 unspecified atom stereocenters. The lowest BCUT2D eigenvalue weighted by Gasteiger charge is -2.19. The summed E-state index contributed by atoms with van der Waals surface area (Å²) in [6.07, 6.45) is 1.23. The van der Waals surface area contributed by atoms with Crippen LogP contribution in [0.25, 0.3) is 0 Å². The number of carbonyl (C=O) groups is 2. The van der Waals surface area contributed by atoms with Gasteiger partial charge < -0.3 is 5.32 Å². The minimum absolute atomic E-state index is 0.000770. The van der Waals surface area contributed by atoms with E-state index < -0.39 is 10.8 Å². The fourth-order valence-corrected chi connectivity index (χ4v) is 3.16. The van der Waals surface area contributed by atoms with E-state index in [0.717, 1.165) is 5.56 Å². The summed E-state index contributed by atoms with van der Waals surface area (Å²) in [5, 5.41) is 17.7. The van der Waals surface area contributed by atoms with Gasteiger partial charge in [0, 0.05) is 39.5 Å². The van der Waals surface area contributed by atoms with E-state index in [9.17, 15) is 19.7 Å². The first-order valence-electron chi connectivity index (χ1n) is 10.3. The highest BCUT2D eigenvalue weighted by Gasteiger charge is 2.14. The van der Waals surface area contributed by atoms with Crippen molar-refractivity contribution in [2.75, 3.05) is 5.32 Å². The van der Waals surface area contributed by atoms with Crippen molar-refractivity contribution in [3.63, 3.8) is 0 Å². The second-order valence-corrected chi connectivity index (χ2v) is 8.93. The minimum Gasteiger partial charge on any atom is -0.322 e. The van der Waals surface area contributed by atoms with Crippen LogP contribution in [-0.4, -0.2) is 23.0 Å². The molecule has 0 aliphatic carbocycles. The van der Waals surface area contributed by atoms with Gasteiger partial charge in [-0.25, -0.2) is 5.43 Å². The molecule has 8 nitrogen and oxygen atoms in total. The van der Waals surface area contributed by atoms with Crippen molar-refractivity contribution in [2.24, 2.45) is 5.10 Å². The monoisotopic (exact) mass is 478 g/mol. The molecule has 0 radical (unpaired) electrons. The topological polar surface area (TPSA) is 114 Å². The predicted molar refractivity (Wildman–Crippen MR) is 133 cm³/mol. The summed E-state index contributed by atoms with van der Waals surface area (Å²) in [6, 6.07) is 17.7. The van der Waals surface area contributed by atoms with E-state index in [-0.39, 0.29) is 22.0 Å². The largest absolute Gasteiger partial charge is 0.322 e. The number of halogens is 1. The van der Waals surface area contributed by atoms with Gasteiger partial charge in [-0.15, -0.1) is 0 Å². The summed E-state index contributed by atoms with van der Waals surface area (Å²) in [5.41, 5.74) is 5.02. The van der Waals surface area contributed by atoms with Crippen molar-refractivity contribution in [3.8, 4) is 0 Å². The van der Waals surface area contributed by atoms with Crippen LogP contribution in [0, 0.1) is 10.1 Å². The second kappa shape index (κ2) is 10.3. The first-order valence-corrected chi connectivity index (χ1v) is 10.7. The number of amides is 2. The van der Waals surface area contributed by atoms with E-state index in [1.165, 1.54) is 24.4 Å². The molecule has 0 atom stereocenters. The third-order valence-electron chi connectivity index (χ3n) is 4.98. The summed E-state index contributed by atoms with van der Waals surface area (Å²) >= 11 is 6.00. The Bertz CT molecular complexity index is 1250. The number of non-ortho nitro benzene ring substituents is 1. The number of nitrogens with one attached hydrogen (secondary N) is 2. The molecule has 0 aromatic heterocycles. The number of hydrogen-bond donors (Lipinski definition) is 2. The molecule has 2 amide bonds. The van der Waals surface area contributed by atoms with Crippen LogP contribution in [0.4, 0.5) is 11.4 Å². The first kappa shape index (κ1) is 24.6. The van der Waals surface area contributed by atoms with Gasteiger partial charge in [0.1, 0.15) is 0 Å². The Morgan fingerprint density at radius 2 is 1.53 bits per heavy atom. The van der Waals surface area contributed by atoms with E-state index in [0.29, 0.717) is 22.4 Å². The van der Waals surface area contributed by atoms with Gasteiger partial charge in [-0.05, 0) is 53.4 Å². The van der Waals surface area contributed by atoms with Gasteiger partial charge in [0.25, 0.3) is 17.5 Å². The molecule has 0 heterocycles. The number of hydrazone groups is 1. The maximum Gasteiger partial charge on any atom is 0.271 e. The zero-order valence-electron chi connectivity index (χ0n) is 18.8. The SMILES string of the molecule is CC(C)(C)c1ccc(C(=O)Nc2ccc(C(=O)NN=Cc3cc([N+](=O)[O-])ccc3Cl)cc2)cc1. The highest BCUT2D eigenvalue weighted by Crippen LogP contribution is 2.23. The van der Waals surface area contributed by atoms with Gasteiger partial charge in [-0.3, -0.25) is 19.7 Å². The van der Waals surface area contributed by atoms with Gasteiger partial charge in [-0.2, -0.15) is 5.10 Å². The van der Waals surface area contributed by atoms with Gasteiger partial charge in [-0.1, -0.05) is 44.5 Å². The summed E-state index contributed by atoms with van der Waals surface area (Å²) in [6.45, 7) is 6.32. The Kier molecular flexibility index (Phi) is 7.43. The number of benzene rings is 3. The number of carbonyl (C=O) groups excluding carboxylic acids is 2. The fourth-order valence-electron chi connectivity index (χ4n) is 3.00. The minimum atomic E-state index is -0.548. The molecule has 0 aliphatic heterocycles. The molecular formula is C25H23ClN4O4. The molecule has 0 spiro atoms. The molecule has 3 aromatic rings. The molecule has 0 saturated heterocycles. The van der Waals surface area contributed by atoms with E-state index in [4.69, 9.17) is 11.6 Å². The molecule has 9 heteroatoms. The van der Waals surface area contributed by atoms with Gasteiger partial charge in [0.05, 0.1) is 11.1 Å². The molecule has 0 aliphatic rings. The van der Waals surface area contributed by atoms with Gasteiger partial charge in [0.2, 0.25) is 0 Å². The highest BCUT2D eigenvalue weighted by molar-refractivity contribution is 6.33. The number of rotatable bonds is 6. The normalized spacial score (nSPS) is 11.3. The molecule has 174 valence electrons. The second-order valence-electron chi connectivity index (χ2n) is 8.52. The van der Waals surface area contributed by atoms with E-state index in [1.807, 2.05) is 12.1 Å². The Labute approximate surface area is 201 Å². The number of nitro benzene ring substituents is 1. The lowest BCUT2D eigenvalue weighted by Crippen LogP contribution is -2.18. The summed E-state index contributed by atoms with van der Waals surface area (Å²) in [4.78, 5) is 35.1. The Balaban J connectivity index is 1.60. The predicted octanol–water partition coefficient (Wildman–Crippen LogP) is 5.56. The lowest BCUT2D eigenvalue weighted by molar-refractivity contribution is -0.384. The van der Waals surface area contributed by atoms with E-state index in [2.05, 4.69) is 36.6 Å². The highest BCUT2D eigenvalue weighted by atomic mass is 35.5. The number of nitro groups is 1. The standard InChI is InChI=1S/C25H23ClN4O4/c1-25(2,3)19-8-4-16(5-9-19)23(31)28-20-10-6-17(7-11-20)24(32)29-27-15-18-14-21(30(33)34)12-13-22(18)26/h4-15H,1-3H3,(H,28,31)(H,29,32). The zero-order valence-corrected chi connectivity index (χ0v) is 19.6. The molecule has 3 aromatic carbocycles. The number of hydrogen-bond acceptors (Lipinski definition) is 5. The maximum absolute atomic E-state index is 12.5. The number of anilines is 1. The molecular weight excluding hydrogens is 456 g/mol. The van der Waals surface area contributed by atoms with Crippen molar-refractivity contribution in [1.82, 2.24) is 5.43 Å². The van der Waals surface area contributed by atoms with Crippen LogP contribution in [-0.2, 0) is 5.41 Å². The van der Waals surface area contributed by atoms with Crippen molar-refractivity contribution in [3.05, 3.63) is 104 Å². The molecule has 0 saturated carbocycles. The summed E-state index contributed by atoms with van der Waals surface area (Å²) < 4.78 is 0. The van der Waals surface area contributed by atoms with Crippen LogP contribution in [0.2, 0.25) is 5.02 Å². The molecule has 3 rings (SSSR count). The lowest BCUT2D eigenvalue weighted by atomic mass is 9.87. The average Bonchev–Trinajstić information content (AvgIpc) is 2.80. The van der Waals surface area contributed by atoms with E-state index >= 15 is 0 Å².